The van der Waals surface area contributed by atoms with Crippen LogP contribution in [0.3, 0.4) is 0 Å². The predicted octanol–water partition coefficient (Wildman–Crippen LogP) is 0.747. The maximum atomic E-state index is 12.3. The van der Waals surface area contributed by atoms with Crippen LogP contribution < -0.4 is 10.5 Å². The Morgan fingerprint density at radius 1 is 1.37 bits per heavy atom. The van der Waals surface area contributed by atoms with Crippen LogP contribution in [0.15, 0.2) is 27.9 Å². The van der Waals surface area contributed by atoms with Gasteiger partial charge in [-0.2, -0.15) is 4.98 Å². The number of aromatic nitrogens is 2. The van der Waals surface area contributed by atoms with Crippen molar-refractivity contribution in [3.63, 3.8) is 0 Å². The van der Waals surface area contributed by atoms with E-state index in [1.807, 2.05) is 0 Å². The van der Waals surface area contributed by atoms with Crippen LogP contribution in [0.2, 0.25) is 0 Å². The summed E-state index contributed by atoms with van der Waals surface area (Å²) in [4.78, 5) is 3.94. The van der Waals surface area contributed by atoms with Gasteiger partial charge < -0.3 is 10.3 Å². The van der Waals surface area contributed by atoms with E-state index in [0.29, 0.717) is 16.8 Å². The van der Waals surface area contributed by atoms with Crippen LogP contribution in [0.4, 0.5) is 5.69 Å². The van der Waals surface area contributed by atoms with E-state index in [1.54, 1.807) is 26.0 Å². The third kappa shape index (κ3) is 2.74. The Hall–Kier alpha value is -1.93. The van der Waals surface area contributed by atoms with Crippen molar-refractivity contribution in [2.45, 2.75) is 25.3 Å². The van der Waals surface area contributed by atoms with Crippen LogP contribution in [0.25, 0.3) is 0 Å². The molecule has 0 aliphatic rings. The summed E-state index contributed by atoms with van der Waals surface area (Å²) in [6.07, 6.45) is 1.14. The Morgan fingerprint density at radius 3 is 2.74 bits per heavy atom. The van der Waals surface area contributed by atoms with E-state index in [1.165, 1.54) is 0 Å². The number of nitrogens with one attached hydrogen (secondary N) is 1. The first-order valence-corrected chi connectivity index (χ1v) is 7.00. The van der Waals surface area contributed by atoms with Gasteiger partial charge in [-0.3, -0.25) is 0 Å². The molecule has 0 fully saturated rings. The molecular formula is C11H14N4O3S. The lowest BCUT2D eigenvalue weighted by atomic mass is 10.1. The van der Waals surface area contributed by atoms with Gasteiger partial charge in [0.05, 0.1) is 11.4 Å². The normalized spacial score (nSPS) is 11.7. The second-order valence-corrected chi connectivity index (χ2v) is 5.80. The second kappa shape index (κ2) is 4.98. The summed E-state index contributed by atoms with van der Waals surface area (Å²) in [5.41, 5.74) is 7.34. The first-order chi connectivity index (χ1) is 8.92. The second-order valence-electron chi connectivity index (χ2n) is 4.10. The van der Waals surface area contributed by atoms with Gasteiger partial charge in [-0.05, 0) is 31.0 Å². The molecular weight excluding hydrogens is 268 g/mol. The van der Waals surface area contributed by atoms with E-state index < -0.39 is 10.0 Å². The first-order valence-electron chi connectivity index (χ1n) is 5.52. The Bertz CT molecular complexity index is 680. The van der Waals surface area contributed by atoms with Crippen molar-refractivity contribution in [1.82, 2.24) is 14.9 Å². The van der Waals surface area contributed by atoms with Crippen LogP contribution in [-0.2, 0) is 16.6 Å². The van der Waals surface area contributed by atoms with E-state index in [2.05, 4.69) is 19.4 Å². The molecule has 0 aliphatic heterocycles. The summed E-state index contributed by atoms with van der Waals surface area (Å²) in [5.74, 6) is 0.266. The van der Waals surface area contributed by atoms with E-state index in [-0.39, 0.29) is 17.3 Å². The molecule has 2 aromatic rings. The molecule has 1 aromatic heterocycles. The van der Waals surface area contributed by atoms with Crippen LogP contribution in [0.1, 0.15) is 17.0 Å². The molecule has 0 radical (unpaired) electrons. The fourth-order valence-corrected chi connectivity index (χ4v) is 3.23. The molecule has 8 heteroatoms. The lowest BCUT2D eigenvalue weighted by Gasteiger charge is -2.12. The zero-order chi connectivity index (χ0) is 14.0. The van der Waals surface area contributed by atoms with Crippen LogP contribution in [0, 0.1) is 13.8 Å². The van der Waals surface area contributed by atoms with Crippen molar-refractivity contribution in [3.8, 4) is 0 Å². The zero-order valence-corrected chi connectivity index (χ0v) is 11.4. The first kappa shape index (κ1) is 13.5. The molecule has 0 aliphatic carbocycles. The highest BCUT2D eigenvalue weighted by atomic mass is 32.2. The number of hydrogen-bond donors (Lipinski definition) is 2. The molecule has 0 atom stereocenters. The molecule has 0 unspecified atom stereocenters. The quantitative estimate of drug-likeness (QED) is 0.800. The molecule has 19 heavy (non-hydrogen) atoms. The molecule has 0 spiro atoms. The number of hydrogen-bond acceptors (Lipinski definition) is 6. The van der Waals surface area contributed by atoms with Gasteiger partial charge in [-0.1, -0.05) is 11.2 Å². The average Bonchev–Trinajstić information content (AvgIpc) is 2.85. The minimum absolute atomic E-state index is 0.0352. The average molecular weight is 282 g/mol. The van der Waals surface area contributed by atoms with Crippen molar-refractivity contribution in [1.29, 1.82) is 0 Å². The maximum absolute atomic E-state index is 12.3. The minimum atomic E-state index is -3.67. The molecule has 102 valence electrons. The highest BCUT2D eigenvalue weighted by Gasteiger charge is 2.21. The fourth-order valence-electron chi connectivity index (χ4n) is 1.76. The Morgan fingerprint density at radius 2 is 2.11 bits per heavy atom. The molecule has 0 saturated carbocycles. The van der Waals surface area contributed by atoms with E-state index in [4.69, 9.17) is 5.73 Å². The van der Waals surface area contributed by atoms with Crippen molar-refractivity contribution in [3.05, 3.63) is 35.5 Å². The zero-order valence-electron chi connectivity index (χ0n) is 10.5. The van der Waals surface area contributed by atoms with Gasteiger partial charge in [-0.15, -0.1) is 0 Å². The Kier molecular flexibility index (Phi) is 3.54. The highest BCUT2D eigenvalue weighted by molar-refractivity contribution is 7.89. The van der Waals surface area contributed by atoms with Gasteiger partial charge in [0.25, 0.3) is 0 Å². The van der Waals surface area contributed by atoms with Gasteiger partial charge in [0.1, 0.15) is 0 Å². The molecule has 0 saturated heterocycles. The third-order valence-corrected chi connectivity index (χ3v) is 4.43. The molecule has 1 heterocycles. The summed E-state index contributed by atoms with van der Waals surface area (Å²) in [6.45, 7) is 3.35. The molecule has 0 bridgehead atoms. The van der Waals surface area contributed by atoms with Crippen molar-refractivity contribution >= 4 is 15.7 Å². The lowest BCUT2D eigenvalue weighted by Crippen LogP contribution is -2.25. The van der Waals surface area contributed by atoms with Crippen LogP contribution in [0.5, 0.6) is 0 Å². The lowest BCUT2D eigenvalue weighted by molar-refractivity contribution is 0.409. The number of sulfonamides is 1. The maximum Gasteiger partial charge on any atom is 0.241 e. The van der Waals surface area contributed by atoms with Gasteiger partial charge in [0, 0.05) is 5.69 Å². The number of anilines is 1. The van der Waals surface area contributed by atoms with Crippen molar-refractivity contribution < 1.29 is 12.9 Å². The summed E-state index contributed by atoms with van der Waals surface area (Å²) >= 11 is 0. The summed E-state index contributed by atoms with van der Waals surface area (Å²) in [5, 5.41) is 3.54. The van der Waals surface area contributed by atoms with E-state index in [9.17, 15) is 8.42 Å². The molecule has 0 amide bonds. The Balaban J connectivity index is 2.32. The largest absolute Gasteiger partial charge is 0.398 e. The number of benzene rings is 1. The highest BCUT2D eigenvalue weighted by Crippen LogP contribution is 2.24. The van der Waals surface area contributed by atoms with Crippen molar-refractivity contribution in [2.24, 2.45) is 0 Å². The molecule has 1 aromatic carbocycles. The van der Waals surface area contributed by atoms with Gasteiger partial charge >= 0.3 is 0 Å². The number of aryl methyl sites for hydroxylation is 1. The molecule has 2 rings (SSSR count). The van der Waals surface area contributed by atoms with Gasteiger partial charge in [-0.25, -0.2) is 13.1 Å². The number of nitrogen functional groups attached to an aromatic ring is 1. The number of nitrogens with two attached hydrogens (primary N) is 1. The number of nitrogens with zero attached hydrogens (tertiary/aromatic N) is 2. The van der Waals surface area contributed by atoms with Gasteiger partial charge in [0.2, 0.25) is 16.4 Å². The summed E-state index contributed by atoms with van der Waals surface area (Å²) < 4.78 is 31.5. The molecule has 7 nitrogen and oxygen atoms in total. The fraction of sp³-hybridized carbons (Fsp3) is 0.273. The predicted molar refractivity (Wildman–Crippen MR) is 68.7 cm³/mol. The molecule has 3 N–H and O–H groups in total. The van der Waals surface area contributed by atoms with Crippen molar-refractivity contribution in [2.75, 3.05) is 5.73 Å². The van der Waals surface area contributed by atoms with Crippen LogP contribution in [-0.4, -0.2) is 18.6 Å². The van der Waals surface area contributed by atoms with E-state index in [0.717, 1.165) is 6.39 Å². The van der Waals surface area contributed by atoms with Crippen LogP contribution >= 0.6 is 0 Å². The minimum Gasteiger partial charge on any atom is -0.398 e. The third-order valence-electron chi connectivity index (χ3n) is 2.74. The smallest absolute Gasteiger partial charge is 0.241 e. The summed E-state index contributed by atoms with van der Waals surface area (Å²) in [7, 11) is -3.67. The Labute approximate surface area is 110 Å². The standard InChI is InChI=1S/C11H14N4O3S/c1-7-3-4-9(12)8(2)11(7)19(16,17)14-5-10-13-6-18-15-10/h3-4,6,14H,5,12H2,1-2H3. The SMILES string of the molecule is Cc1ccc(N)c(C)c1S(=O)(=O)NCc1ncon1. The number of rotatable bonds is 4. The van der Waals surface area contributed by atoms with Gasteiger partial charge in [0.15, 0.2) is 5.82 Å². The monoisotopic (exact) mass is 282 g/mol. The summed E-state index contributed by atoms with van der Waals surface area (Å²) in [6, 6.07) is 3.36. The van der Waals surface area contributed by atoms with E-state index >= 15 is 0 Å². The topological polar surface area (TPSA) is 111 Å².